The molecule has 0 spiro atoms. The van der Waals surface area contributed by atoms with Crippen LogP contribution in [0.5, 0.6) is 5.75 Å². The monoisotopic (exact) mass is 490 g/mol. The lowest BCUT2D eigenvalue weighted by Gasteiger charge is -2.50. The van der Waals surface area contributed by atoms with Gasteiger partial charge >= 0.3 is 5.97 Å². The number of rotatable bonds is 6. The Balaban J connectivity index is 1.48. The van der Waals surface area contributed by atoms with Gasteiger partial charge in [0.25, 0.3) is 11.8 Å². The van der Waals surface area contributed by atoms with E-state index in [4.69, 9.17) is 9.47 Å². The minimum Gasteiger partial charge on any atom is -0.484 e. The molecule has 1 aromatic rings. The first-order valence-corrected chi connectivity index (χ1v) is 12.6. The van der Waals surface area contributed by atoms with E-state index in [2.05, 4.69) is 5.32 Å². The zero-order valence-electron chi connectivity index (χ0n) is 18.7. The number of nitrogens with zero attached hydrogens (tertiary/aromatic N) is 1. The number of carbonyl (C=O) groups excluding carboxylic acids is 4. The highest BCUT2D eigenvalue weighted by molar-refractivity contribution is 8.14. The van der Waals surface area contributed by atoms with Crippen LogP contribution in [0.2, 0.25) is 0 Å². The van der Waals surface area contributed by atoms with Gasteiger partial charge in [0.05, 0.1) is 0 Å². The first kappa shape index (κ1) is 23.7. The van der Waals surface area contributed by atoms with E-state index in [1.165, 1.54) is 28.4 Å². The number of fused-ring (bicyclic) bond motifs is 1. The van der Waals surface area contributed by atoms with Crippen molar-refractivity contribution < 1.29 is 28.7 Å². The third-order valence-corrected chi connectivity index (χ3v) is 7.87. The highest BCUT2D eigenvalue weighted by atomic mass is 32.2. The smallest absolute Gasteiger partial charge is 0.355 e. The Labute approximate surface area is 200 Å². The zero-order chi connectivity index (χ0) is 23.8. The molecule has 0 radical (unpaired) electrons. The molecule has 4 rings (SSSR count). The van der Waals surface area contributed by atoms with Crippen molar-refractivity contribution in [2.24, 2.45) is 0 Å². The molecule has 3 aliphatic heterocycles. The Hall–Kier alpha value is -2.46. The van der Waals surface area contributed by atoms with E-state index in [1.807, 2.05) is 6.07 Å². The van der Waals surface area contributed by atoms with Crippen molar-refractivity contribution in [3.8, 4) is 5.75 Å². The maximum Gasteiger partial charge on any atom is 0.355 e. The number of hydrogen-bond donors (Lipinski definition) is 1. The van der Waals surface area contributed by atoms with Gasteiger partial charge in [-0.2, -0.15) is 0 Å². The standard InChI is InChI=1S/C23H26N2O6S2/c1-23(2,3)31-22(29)19-14(15-9-10-17(27)33-15)12-32-21-18(20(28)25(19)21)24-16(26)11-30-13-7-5-4-6-8-13/h4-8,15,18,21H,9-12H2,1-3H3,(H,24,26)/t15-,18-,21-/m1/s1. The number of hydrogen-bond acceptors (Lipinski definition) is 8. The first-order chi connectivity index (χ1) is 15.6. The lowest BCUT2D eigenvalue weighted by atomic mass is 10.00. The largest absolute Gasteiger partial charge is 0.484 e. The van der Waals surface area contributed by atoms with Gasteiger partial charge in [0.2, 0.25) is 0 Å². The van der Waals surface area contributed by atoms with E-state index in [9.17, 15) is 19.2 Å². The molecule has 3 atom stereocenters. The summed E-state index contributed by atoms with van der Waals surface area (Å²) in [4.78, 5) is 51.8. The van der Waals surface area contributed by atoms with Crippen molar-refractivity contribution in [2.75, 3.05) is 12.4 Å². The number of carbonyl (C=O) groups is 4. The van der Waals surface area contributed by atoms with Crippen LogP contribution in [0, 0.1) is 0 Å². The summed E-state index contributed by atoms with van der Waals surface area (Å²) in [5.74, 6) is -0.310. The molecule has 0 aliphatic carbocycles. The minimum absolute atomic E-state index is 0.0849. The minimum atomic E-state index is -0.751. The van der Waals surface area contributed by atoms with Gasteiger partial charge in [-0.25, -0.2) is 4.79 Å². The Bertz CT molecular complexity index is 1000. The van der Waals surface area contributed by atoms with E-state index < -0.39 is 28.9 Å². The molecule has 0 unspecified atom stereocenters. The maximum atomic E-state index is 13.1. The fraction of sp³-hybridized carbons (Fsp3) is 0.478. The van der Waals surface area contributed by atoms with Crippen LogP contribution in [0.3, 0.4) is 0 Å². The molecule has 0 saturated carbocycles. The summed E-state index contributed by atoms with van der Waals surface area (Å²) in [6.07, 6.45) is 1.08. The quantitative estimate of drug-likeness (QED) is 0.479. The van der Waals surface area contributed by atoms with Crippen molar-refractivity contribution >= 4 is 46.4 Å². The van der Waals surface area contributed by atoms with Crippen LogP contribution in [-0.2, 0) is 23.9 Å². The summed E-state index contributed by atoms with van der Waals surface area (Å²) < 4.78 is 11.1. The summed E-state index contributed by atoms with van der Waals surface area (Å²) >= 11 is 2.69. The second kappa shape index (κ2) is 9.42. The molecular formula is C23H26N2O6S2. The Kier molecular flexibility index (Phi) is 6.76. The number of amides is 2. The highest BCUT2D eigenvalue weighted by Crippen LogP contribution is 2.46. The second-order valence-electron chi connectivity index (χ2n) is 8.95. The van der Waals surface area contributed by atoms with Crippen molar-refractivity contribution in [3.05, 3.63) is 41.6 Å². The Morgan fingerprint density at radius 1 is 1.18 bits per heavy atom. The van der Waals surface area contributed by atoms with E-state index in [0.29, 0.717) is 24.3 Å². The molecule has 0 bridgehead atoms. The first-order valence-electron chi connectivity index (χ1n) is 10.7. The van der Waals surface area contributed by atoms with Crippen LogP contribution in [0.15, 0.2) is 41.6 Å². The molecule has 1 N–H and O–H groups in total. The lowest BCUT2D eigenvalue weighted by molar-refractivity contribution is -0.159. The zero-order valence-corrected chi connectivity index (χ0v) is 20.3. The number of para-hydroxylation sites is 1. The van der Waals surface area contributed by atoms with Crippen LogP contribution >= 0.6 is 23.5 Å². The fourth-order valence-electron chi connectivity index (χ4n) is 3.86. The third kappa shape index (κ3) is 5.22. The van der Waals surface area contributed by atoms with E-state index >= 15 is 0 Å². The van der Waals surface area contributed by atoms with Crippen molar-refractivity contribution in [1.82, 2.24) is 10.2 Å². The van der Waals surface area contributed by atoms with Gasteiger partial charge in [0, 0.05) is 17.4 Å². The fourth-order valence-corrected chi connectivity index (χ4v) is 6.51. The Morgan fingerprint density at radius 2 is 1.91 bits per heavy atom. The van der Waals surface area contributed by atoms with Crippen LogP contribution in [0.25, 0.3) is 0 Å². The van der Waals surface area contributed by atoms with Gasteiger partial charge in [-0.05, 0) is 44.9 Å². The number of benzene rings is 1. The van der Waals surface area contributed by atoms with Crippen LogP contribution in [0.1, 0.15) is 33.6 Å². The van der Waals surface area contributed by atoms with Gasteiger partial charge in [0.15, 0.2) is 11.7 Å². The van der Waals surface area contributed by atoms with Crippen molar-refractivity contribution in [1.29, 1.82) is 0 Å². The number of β-lactam (4-membered cyclic amide) rings is 1. The Morgan fingerprint density at radius 3 is 2.55 bits per heavy atom. The van der Waals surface area contributed by atoms with Crippen molar-refractivity contribution in [3.63, 3.8) is 0 Å². The van der Waals surface area contributed by atoms with E-state index in [1.54, 1.807) is 45.0 Å². The maximum absolute atomic E-state index is 13.1. The second-order valence-corrected chi connectivity index (χ2v) is 11.3. The molecule has 3 heterocycles. The summed E-state index contributed by atoms with van der Waals surface area (Å²) in [6, 6.07) is 8.18. The summed E-state index contributed by atoms with van der Waals surface area (Å²) in [5.41, 5.74) is 0.244. The van der Waals surface area contributed by atoms with Gasteiger partial charge in [-0.3, -0.25) is 19.3 Å². The topological polar surface area (TPSA) is 102 Å². The van der Waals surface area contributed by atoms with Gasteiger partial charge in [-0.15, -0.1) is 11.8 Å². The molecule has 2 amide bonds. The molecule has 10 heteroatoms. The average molecular weight is 491 g/mol. The predicted octanol–water partition coefficient (Wildman–Crippen LogP) is 2.48. The summed E-state index contributed by atoms with van der Waals surface area (Å²) in [6.45, 7) is 5.08. The van der Waals surface area contributed by atoms with E-state index in [-0.39, 0.29) is 28.6 Å². The van der Waals surface area contributed by atoms with Crippen LogP contribution < -0.4 is 10.1 Å². The average Bonchev–Trinajstić information content (AvgIpc) is 3.20. The SMILES string of the molecule is CC(C)(C)OC(=O)C1=C([C@H]2CCC(=O)S2)CS[C@@H]2[C@H](NC(=O)COc3ccccc3)C(=O)N12. The number of thioether (sulfide) groups is 2. The molecule has 1 aromatic carbocycles. The molecule has 3 aliphatic rings. The number of nitrogens with one attached hydrogen (secondary N) is 1. The molecule has 8 nitrogen and oxygen atoms in total. The predicted molar refractivity (Wildman–Crippen MR) is 125 cm³/mol. The summed E-state index contributed by atoms with van der Waals surface area (Å²) in [5, 5.41) is 2.25. The molecule has 33 heavy (non-hydrogen) atoms. The lowest BCUT2D eigenvalue weighted by Crippen LogP contribution is -2.71. The molecule has 2 fully saturated rings. The van der Waals surface area contributed by atoms with Gasteiger partial charge in [0.1, 0.15) is 28.5 Å². The normalized spacial score (nSPS) is 24.8. The van der Waals surface area contributed by atoms with Gasteiger partial charge in [-0.1, -0.05) is 30.0 Å². The number of esters is 1. The molecular weight excluding hydrogens is 464 g/mol. The van der Waals surface area contributed by atoms with Crippen molar-refractivity contribution in [2.45, 2.75) is 55.9 Å². The number of ether oxygens (including phenoxy) is 2. The molecule has 2 saturated heterocycles. The van der Waals surface area contributed by atoms with Crippen LogP contribution in [0.4, 0.5) is 0 Å². The third-order valence-electron chi connectivity index (χ3n) is 5.29. The van der Waals surface area contributed by atoms with Crippen LogP contribution in [-0.4, -0.2) is 62.4 Å². The van der Waals surface area contributed by atoms with Gasteiger partial charge < -0.3 is 14.8 Å². The molecule has 0 aromatic heterocycles. The van der Waals surface area contributed by atoms with E-state index in [0.717, 1.165) is 5.57 Å². The molecule has 176 valence electrons. The highest BCUT2D eigenvalue weighted by Gasteiger charge is 2.55. The summed E-state index contributed by atoms with van der Waals surface area (Å²) in [7, 11) is 0.